The van der Waals surface area contributed by atoms with Gasteiger partial charge in [-0.2, -0.15) is 0 Å². The molecule has 0 aromatic heterocycles. The zero-order chi connectivity index (χ0) is 23.1. The molecule has 1 unspecified atom stereocenters. The van der Waals surface area contributed by atoms with Crippen molar-refractivity contribution in [2.24, 2.45) is 0 Å². The molecule has 174 valence electrons. The standard InChI is InChI=1S/C23H31FN4O4/c1-2-6-21(23(32)28(24)17-30)27-16-18-15-19(7-8-20(18)22(27)31)26-12-10-25(11-13-26)9-4-3-5-14-29/h7-8,14-15,17,21H,2-6,9-13,16H2,1H3. The van der Waals surface area contributed by atoms with Gasteiger partial charge in [0.05, 0.1) is 0 Å². The first-order valence-corrected chi connectivity index (χ1v) is 11.3. The van der Waals surface area contributed by atoms with E-state index in [1.807, 2.05) is 19.1 Å². The molecule has 1 aromatic rings. The van der Waals surface area contributed by atoms with E-state index in [1.165, 1.54) is 4.90 Å². The van der Waals surface area contributed by atoms with Gasteiger partial charge < -0.3 is 14.6 Å². The summed E-state index contributed by atoms with van der Waals surface area (Å²) in [6.45, 7) is 6.69. The maximum absolute atomic E-state index is 13.6. The van der Waals surface area contributed by atoms with Gasteiger partial charge >= 0.3 is 0 Å². The second kappa shape index (κ2) is 11.2. The van der Waals surface area contributed by atoms with Crippen LogP contribution in [0, 0.1) is 0 Å². The highest BCUT2D eigenvalue weighted by Gasteiger charge is 2.38. The van der Waals surface area contributed by atoms with E-state index in [0.717, 1.165) is 63.1 Å². The molecule has 3 amide bonds. The van der Waals surface area contributed by atoms with Crippen LogP contribution in [0.2, 0.25) is 0 Å². The van der Waals surface area contributed by atoms with Crippen molar-refractivity contribution in [3.8, 4) is 0 Å². The van der Waals surface area contributed by atoms with E-state index in [9.17, 15) is 23.7 Å². The zero-order valence-corrected chi connectivity index (χ0v) is 18.5. The van der Waals surface area contributed by atoms with Gasteiger partial charge in [0.15, 0.2) is 0 Å². The van der Waals surface area contributed by atoms with Gasteiger partial charge in [0.2, 0.25) is 6.41 Å². The largest absolute Gasteiger partial charge is 0.369 e. The SMILES string of the molecule is CCCC(C(=O)N(F)C=O)N1Cc2cc(N3CCN(CCCCC=O)CC3)ccc2C1=O. The summed E-state index contributed by atoms with van der Waals surface area (Å²) in [4.78, 5) is 52.4. The number of aldehydes is 1. The lowest BCUT2D eigenvalue weighted by Gasteiger charge is -2.36. The molecule has 1 saturated heterocycles. The van der Waals surface area contributed by atoms with Gasteiger partial charge in [-0.05, 0) is 49.6 Å². The zero-order valence-electron chi connectivity index (χ0n) is 18.5. The van der Waals surface area contributed by atoms with Crippen LogP contribution in [-0.2, 0) is 20.9 Å². The summed E-state index contributed by atoms with van der Waals surface area (Å²) in [7, 11) is 0. The molecule has 3 rings (SSSR count). The molecular formula is C23H31FN4O4. The average molecular weight is 447 g/mol. The van der Waals surface area contributed by atoms with Gasteiger partial charge in [-0.15, -0.1) is 5.12 Å². The Hall–Kier alpha value is -2.81. The number of halogens is 1. The number of piperazine rings is 1. The number of imide groups is 1. The molecule has 32 heavy (non-hydrogen) atoms. The van der Waals surface area contributed by atoms with Crippen LogP contribution in [0.1, 0.15) is 54.9 Å². The third-order valence-corrected chi connectivity index (χ3v) is 6.23. The average Bonchev–Trinajstić information content (AvgIpc) is 3.15. The Morgan fingerprint density at radius 1 is 1.19 bits per heavy atom. The minimum atomic E-state index is -1.01. The fraction of sp³-hybridized carbons (Fsp3) is 0.565. The summed E-state index contributed by atoms with van der Waals surface area (Å²) in [6.07, 6.45) is 4.23. The van der Waals surface area contributed by atoms with Crippen LogP contribution < -0.4 is 4.90 Å². The van der Waals surface area contributed by atoms with E-state index in [-0.39, 0.29) is 25.3 Å². The number of unbranched alkanes of at least 4 members (excludes halogenated alkanes) is 2. The van der Waals surface area contributed by atoms with Crippen molar-refractivity contribution in [3.05, 3.63) is 29.3 Å². The molecule has 2 heterocycles. The molecule has 0 N–H and O–H groups in total. The van der Waals surface area contributed by atoms with Gasteiger partial charge in [0.25, 0.3) is 11.8 Å². The summed E-state index contributed by atoms with van der Waals surface area (Å²) in [5, 5.41) is -0.472. The van der Waals surface area contributed by atoms with Crippen LogP contribution in [0.3, 0.4) is 0 Å². The smallest absolute Gasteiger partial charge is 0.280 e. The highest BCUT2D eigenvalue weighted by atomic mass is 19.2. The topological polar surface area (TPSA) is 81.2 Å². The molecule has 1 atom stereocenters. The summed E-state index contributed by atoms with van der Waals surface area (Å²) in [6, 6.07) is 4.68. The Morgan fingerprint density at radius 2 is 1.94 bits per heavy atom. The van der Waals surface area contributed by atoms with Crippen LogP contribution in [0.25, 0.3) is 0 Å². The minimum Gasteiger partial charge on any atom is -0.369 e. The lowest BCUT2D eigenvalue weighted by atomic mass is 10.1. The summed E-state index contributed by atoms with van der Waals surface area (Å²) >= 11 is 0. The molecule has 2 aliphatic heterocycles. The Balaban J connectivity index is 1.64. The Bertz CT molecular complexity index is 841. The molecule has 0 spiro atoms. The number of nitrogens with zero attached hydrogens (tertiary/aromatic N) is 4. The van der Waals surface area contributed by atoms with Crippen LogP contribution in [0.15, 0.2) is 18.2 Å². The highest BCUT2D eigenvalue weighted by molar-refractivity contribution is 6.02. The maximum Gasteiger partial charge on any atom is 0.280 e. The number of anilines is 1. The fourth-order valence-electron chi connectivity index (χ4n) is 4.45. The van der Waals surface area contributed by atoms with E-state index < -0.39 is 17.1 Å². The van der Waals surface area contributed by atoms with Gasteiger partial charge in [-0.25, -0.2) is 0 Å². The van der Waals surface area contributed by atoms with Crippen LogP contribution in [0.5, 0.6) is 0 Å². The summed E-state index contributed by atoms with van der Waals surface area (Å²) in [5.41, 5.74) is 2.36. The van der Waals surface area contributed by atoms with Gasteiger partial charge in [-0.3, -0.25) is 19.3 Å². The maximum atomic E-state index is 13.6. The van der Waals surface area contributed by atoms with E-state index >= 15 is 0 Å². The van der Waals surface area contributed by atoms with Crippen molar-refractivity contribution >= 4 is 30.2 Å². The third-order valence-electron chi connectivity index (χ3n) is 6.23. The van der Waals surface area contributed by atoms with Crippen molar-refractivity contribution in [2.75, 3.05) is 37.6 Å². The second-order valence-electron chi connectivity index (χ2n) is 8.32. The molecule has 1 aromatic carbocycles. The number of rotatable bonds is 11. The third kappa shape index (κ3) is 5.32. The first kappa shape index (κ1) is 23.8. The molecule has 8 nitrogen and oxygen atoms in total. The van der Waals surface area contributed by atoms with Crippen molar-refractivity contribution in [1.82, 2.24) is 14.9 Å². The molecule has 0 saturated carbocycles. The predicted octanol–water partition coefficient (Wildman–Crippen LogP) is 2.17. The van der Waals surface area contributed by atoms with Gasteiger partial charge in [0.1, 0.15) is 12.3 Å². The number of carbonyl (C=O) groups is 4. The molecule has 9 heteroatoms. The fourth-order valence-corrected chi connectivity index (χ4v) is 4.45. The molecular weight excluding hydrogens is 415 g/mol. The van der Waals surface area contributed by atoms with Gasteiger partial charge in [-0.1, -0.05) is 17.8 Å². The van der Waals surface area contributed by atoms with Gasteiger partial charge in [0, 0.05) is 50.4 Å². The molecule has 1 fully saturated rings. The van der Waals surface area contributed by atoms with Crippen LogP contribution >= 0.6 is 0 Å². The second-order valence-corrected chi connectivity index (χ2v) is 8.32. The number of hydrogen-bond acceptors (Lipinski definition) is 6. The van der Waals surface area contributed by atoms with E-state index in [2.05, 4.69) is 9.80 Å². The number of benzene rings is 1. The van der Waals surface area contributed by atoms with Crippen molar-refractivity contribution in [3.63, 3.8) is 0 Å². The van der Waals surface area contributed by atoms with Crippen LogP contribution in [-0.4, -0.2) is 78.2 Å². The predicted molar refractivity (Wildman–Crippen MR) is 118 cm³/mol. The lowest BCUT2D eigenvalue weighted by molar-refractivity contribution is -0.158. The molecule has 0 bridgehead atoms. The first-order valence-electron chi connectivity index (χ1n) is 11.3. The summed E-state index contributed by atoms with van der Waals surface area (Å²) in [5.74, 6) is -1.31. The Morgan fingerprint density at radius 3 is 2.59 bits per heavy atom. The first-order chi connectivity index (χ1) is 15.5. The number of amides is 3. The monoisotopic (exact) mass is 446 g/mol. The molecule has 0 aliphatic carbocycles. The lowest BCUT2D eigenvalue weighted by Crippen LogP contribution is -2.46. The van der Waals surface area contributed by atoms with E-state index in [1.54, 1.807) is 6.07 Å². The Kier molecular flexibility index (Phi) is 8.33. The summed E-state index contributed by atoms with van der Waals surface area (Å²) < 4.78 is 13.6. The number of carbonyl (C=O) groups excluding carboxylic acids is 4. The minimum absolute atomic E-state index is 0.168. The Labute approximate surface area is 187 Å². The molecule has 0 radical (unpaired) electrons. The number of fused-ring (bicyclic) bond motifs is 1. The highest BCUT2D eigenvalue weighted by Crippen LogP contribution is 2.30. The van der Waals surface area contributed by atoms with Crippen LogP contribution in [0.4, 0.5) is 10.2 Å². The quantitative estimate of drug-likeness (QED) is 0.294. The van der Waals surface area contributed by atoms with Crippen molar-refractivity contribution in [2.45, 2.75) is 51.6 Å². The van der Waals surface area contributed by atoms with Crippen molar-refractivity contribution < 1.29 is 23.7 Å². The van der Waals surface area contributed by atoms with E-state index in [0.29, 0.717) is 18.4 Å². The van der Waals surface area contributed by atoms with E-state index in [4.69, 9.17) is 0 Å². The number of hydrogen-bond donors (Lipinski definition) is 0. The normalized spacial score (nSPS) is 17.2. The van der Waals surface area contributed by atoms with Crippen molar-refractivity contribution in [1.29, 1.82) is 0 Å². The molecule has 2 aliphatic rings.